The van der Waals surface area contributed by atoms with Gasteiger partial charge in [-0.1, -0.05) is 11.6 Å². The molecule has 1 N–H and O–H groups in total. The maximum absolute atomic E-state index is 12.3. The molecule has 1 amide bonds. The van der Waals surface area contributed by atoms with Gasteiger partial charge >= 0.3 is 12.1 Å². The number of ether oxygens (including phenoxy) is 2. The van der Waals surface area contributed by atoms with Gasteiger partial charge in [0, 0.05) is 32.3 Å². The molecule has 0 fully saturated rings. The fourth-order valence-electron chi connectivity index (χ4n) is 2.33. The summed E-state index contributed by atoms with van der Waals surface area (Å²) in [6.07, 6.45) is 3.71. The second kappa shape index (κ2) is 8.47. The number of hydrogen-bond donors (Lipinski definition) is 1. The van der Waals surface area contributed by atoms with Gasteiger partial charge < -0.3 is 14.6 Å². The molecule has 0 aliphatic heterocycles. The second-order valence-electron chi connectivity index (χ2n) is 7.22. The van der Waals surface area contributed by atoms with Gasteiger partial charge in [0.25, 0.3) is 0 Å². The van der Waals surface area contributed by atoms with Crippen LogP contribution in [0.15, 0.2) is 24.7 Å². The molecule has 0 unspecified atom stereocenters. The minimum Gasteiger partial charge on any atom is -0.480 e. The van der Waals surface area contributed by atoms with Crippen molar-refractivity contribution in [3.8, 4) is 11.6 Å². The summed E-state index contributed by atoms with van der Waals surface area (Å²) in [6.45, 7) is 5.11. The third-order valence-electron chi connectivity index (χ3n) is 3.63. The Balaban J connectivity index is 2.27. The number of carboxylic acids is 1. The van der Waals surface area contributed by atoms with Crippen LogP contribution in [0, 0.1) is 0 Å². The van der Waals surface area contributed by atoms with Crippen LogP contribution in [0.2, 0.25) is 5.02 Å². The Morgan fingerprint density at radius 3 is 2.57 bits per heavy atom. The number of rotatable bonds is 6. The van der Waals surface area contributed by atoms with Gasteiger partial charge in [0.05, 0.1) is 17.4 Å². The molecule has 9 nitrogen and oxygen atoms in total. The van der Waals surface area contributed by atoms with Crippen molar-refractivity contribution in [2.45, 2.75) is 38.8 Å². The number of pyridine rings is 1. The van der Waals surface area contributed by atoms with Crippen LogP contribution in [0.4, 0.5) is 4.79 Å². The molecule has 1 atom stereocenters. The monoisotopic (exact) mass is 410 g/mol. The fourth-order valence-corrected chi connectivity index (χ4v) is 2.51. The Hall–Kier alpha value is -2.81. The molecule has 0 aliphatic rings. The number of aryl methyl sites for hydroxylation is 1. The average molecular weight is 411 g/mol. The standard InChI is InChI=1S/C18H23ClN4O5/c1-18(2,3)28-17(26)23(5)14(16(24)25)7-11-6-12(19)8-20-15(11)27-13-9-21-22(4)10-13/h6,8-10,14H,7H2,1-5H3,(H,24,25)/t14-/m0/s1. The Morgan fingerprint density at radius 2 is 2.04 bits per heavy atom. The van der Waals surface area contributed by atoms with Gasteiger partial charge in [-0.15, -0.1) is 0 Å². The first-order valence-corrected chi connectivity index (χ1v) is 8.83. The van der Waals surface area contributed by atoms with E-state index in [0.29, 0.717) is 16.3 Å². The summed E-state index contributed by atoms with van der Waals surface area (Å²) >= 11 is 6.03. The molecule has 28 heavy (non-hydrogen) atoms. The summed E-state index contributed by atoms with van der Waals surface area (Å²) in [5, 5.41) is 14.0. The topological polar surface area (TPSA) is 107 Å². The minimum absolute atomic E-state index is 0.0752. The lowest BCUT2D eigenvalue weighted by Gasteiger charge is -2.28. The highest BCUT2D eigenvalue weighted by atomic mass is 35.5. The van der Waals surface area contributed by atoms with Crippen LogP contribution in [-0.4, -0.2) is 55.5 Å². The first-order chi connectivity index (χ1) is 13.0. The van der Waals surface area contributed by atoms with E-state index in [1.807, 2.05) is 0 Å². The first kappa shape index (κ1) is 21.5. The van der Waals surface area contributed by atoms with Gasteiger partial charge in [0.2, 0.25) is 5.88 Å². The van der Waals surface area contributed by atoms with Crippen LogP contribution in [-0.2, 0) is 23.0 Å². The highest BCUT2D eigenvalue weighted by molar-refractivity contribution is 6.30. The zero-order chi connectivity index (χ0) is 21.1. The summed E-state index contributed by atoms with van der Waals surface area (Å²) < 4.78 is 12.5. The number of likely N-dealkylation sites (N-methyl/N-ethyl adjacent to an activating group) is 1. The van der Waals surface area contributed by atoms with E-state index >= 15 is 0 Å². The van der Waals surface area contributed by atoms with Crippen molar-refractivity contribution in [3.05, 3.63) is 35.2 Å². The number of carboxylic acid groups (broad SMARTS) is 1. The van der Waals surface area contributed by atoms with Crippen molar-refractivity contribution in [2.75, 3.05) is 7.05 Å². The average Bonchev–Trinajstić information content (AvgIpc) is 2.97. The Morgan fingerprint density at radius 1 is 1.36 bits per heavy atom. The quantitative estimate of drug-likeness (QED) is 0.779. The lowest BCUT2D eigenvalue weighted by molar-refractivity contribution is -0.142. The zero-order valence-corrected chi connectivity index (χ0v) is 17.1. The summed E-state index contributed by atoms with van der Waals surface area (Å²) in [5.41, 5.74) is -0.320. The molecule has 0 aromatic carbocycles. The Labute approximate surface area is 167 Å². The predicted molar refractivity (Wildman–Crippen MR) is 102 cm³/mol. The van der Waals surface area contributed by atoms with E-state index in [0.717, 1.165) is 4.90 Å². The van der Waals surface area contributed by atoms with Crippen LogP contribution in [0.5, 0.6) is 11.6 Å². The molecular formula is C18H23ClN4O5. The highest BCUT2D eigenvalue weighted by Crippen LogP contribution is 2.27. The van der Waals surface area contributed by atoms with Gasteiger partial charge in [0.1, 0.15) is 11.6 Å². The Bertz CT molecular complexity index is 862. The molecule has 10 heteroatoms. The van der Waals surface area contributed by atoms with Crippen LogP contribution < -0.4 is 4.74 Å². The van der Waals surface area contributed by atoms with Crippen LogP contribution >= 0.6 is 11.6 Å². The van der Waals surface area contributed by atoms with Crippen molar-refractivity contribution >= 4 is 23.7 Å². The molecule has 0 spiro atoms. The third-order valence-corrected chi connectivity index (χ3v) is 3.84. The zero-order valence-electron chi connectivity index (χ0n) is 16.3. The number of aromatic nitrogens is 3. The number of aliphatic carboxylic acids is 1. The van der Waals surface area contributed by atoms with Gasteiger partial charge in [-0.3, -0.25) is 9.58 Å². The highest BCUT2D eigenvalue weighted by Gasteiger charge is 2.31. The van der Waals surface area contributed by atoms with E-state index in [1.165, 1.54) is 19.4 Å². The first-order valence-electron chi connectivity index (χ1n) is 8.46. The third kappa shape index (κ3) is 5.85. The van der Waals surface area contributed by atoms with Crippen LogP contribution in [0.1, 0.15) is 26.3 Å². The minimum atomic E-state index is -1.20. The molecule has 2 aromatic heterocycles. The molecule has 152 valence electrons. The van der Waals surface area contributed by atoms with Crippen molar-refractivity contribution in [2.24, 2.45) is 7.05 Å². The molecule has 2 aromatic rings. The summed E-state index contributed by atoms with van der Waals surface area (Å²) in [7, 11) is 3.10. The summed E-state index contributed by atoms with van der Waals surface area (Å²) in [5.74, 6) is -0.576. The van der Waals surface area contributed by atoms with E-state index in [9.17, 15) is 14.7 Å². The van der Waals surface area contributed by atoms with Crippen molar-refractivity contribution in [1.82, 2.24) is 19.7 Å². The molecule has 0 saturated carbocycles. The van der Waals surface area contributed by atoms with Gasteiger partial charge in [-0.2, -0.15) is 5.10 Å². The van der Waals surface area contributed by atoms with Gasteiger partial charge in [-0.05, 0) is 26.8 Å². The lowest BCUT2D eigenvalue weighted by Crippen LogP contribution is -2.46. The number of carbonyl (C=O) groups is 2. The molecule has 0 bridgehead atoms. The lowest BCUT2D eigenvalue weighted by atomic mass is 10.1. The molecule has 0 saturated heterocycles. The maximum atomic E-state index is 12.3. The second-order valence-corrected chi connectivity index (χ2v) is 7.66. The largest absolute Gasteiger partial charge is 0.480 e. The SMILES string of the molecule is CN(C(=O)OC(C)(C)C)[C@@H](Cc1cc(Cl)cnc1Oc1cnn(C)c1)C(=O)O. The fraction of sp³-hybridized carbons (Fsp3) is 0.444. The van der Waals surface area contributed by atoms with Crippen LogP contribution in [0.25, 0.3) is 0 Å². The van der Waals surface area contributed by atoms with Crippen molar-refractivity contribution in [3.63, 3.8) is 0 Å². The number of carbonyl (C=O) groups excluding carboxylic acids is 1. The van der Waals surface area contributed by atoms with Gasteiger partial charge in [0.15, 0.2) is 5.75 Å². The summed E-state index contributed by atoms with van der Waals surface area (Å²) in [4.78, 5) is 29.3. The number of hydrogen-bond acceptors (Lipinski definition) is 6. The molecular weight excluding hydrogens is 388 g/mol. The normalized spacial score (nSPS) is 12.4. The summed E-state index contributed by atoms with van der Waals surface area (Å²) in [6, 6.07) is 0.352. The smallest absolute Gasteiger partial charge is 0.410 e. The van der Waals surface area contributed by atoms with Crippen molar-refractivity contribution < 1.29 is 24.2 Å². The van der Waals surface area contributed by atoms with Crippen molar-refractivity contribution in [1.29, 1.82) is 0 Å². The number of halogens is 1. The molecule has 0 aliphatic carbocycles. The molecule has 0 radical (unpaired) electrons. The van der Waals surface area contributed by atoms with E-state index in [-0.39, 0.29) is 12.3 Å². The van der Waals surface area contributed by atoms with Crippen LogP contribution in [0.3, 0.4) is 0 Å². The number of nitrogens with zero attached hydrogens (tertiary/aromatic N) is 4. The van der Waals surface area contributed by atoms with Gasteiger partial charge in [-0.25, -0.2) is 14.6 Å². The van der Waals surface area contributed by atoms with E-state index in [4.69, 9.17) is 21.1 Å². The molecule has 2 rings (SSSR count). The Kier molecular flexibility index (Phi) is 6.50. The molecule has 2 heterocycles. The number of amides is 1. The van der Waals surface area contributed by atoms with E-state index in [2.05, 4.69) is 10.1 Å². The van der Waals surface area contributed by atoms with E-state index in [1.54, 1.807) is 44.8 Å². The maximum Gasteiger partial charge on any atom is 0.410 e. The predicted octanol–water partition coefficient (Wildman–Crippen LogP) is 3.12. The van der Waals surface area contributed by atoms with E-state index < -0.39 is 23.7 Å².